The van der Waals surface area contributed by atoms with Crippen molar-refractivity contribution in [3.8, 4) is 0 Å². The van der Waals surface area contributed by atoms with Gasteiger partial charge in [0.2, 0.25) is 5.91 Å². The Morgan fingerprint density at radius 3 is 2.46 bits per heavy atom. The van der Waals surface area contributed by atoms with Crippen LogP contribution >= 0.6 is 11.8 Å². The second-order valence-electron chi connectivity index (χ2n) is 9.32. The van der Waals surface area contributed by atoms with Crippen LogP contribution in [0, 0.1) is 0 Å². The zero-order valence-corrected chi connectivity index (χ0v) is 22.4. The van der Waals surface area contributed by atoms with Gasteiger partial charge in [-0.05, 0) is 42.2 Å². The zero-order chi connectivity index (χ0) is 27.5. The first-order valence-electron chi connectivity index (χ1n) is 13.0. The van der Waals surface area contributed by atoms with Crippen LogP contribution in [0.5, 0.6) is 0 Å². The largest absolute Gasteiger partial charge is 0.481 e. The lowest BCUT2D eigenvalue weighted by atomic mass is 10.0. The Bertz CT molecular complexity index is 1210. The molecule has 3 N–H and O–H groups in total. The number of ether oxygens (including phenoxy) is 2. The smallest absolute Gasteiger partial charge is 0.303 e. The molecule has 1 fully saturated rings. The Labute approximate surface area is 232 Å². The van der Waals surface area contributed by atoms with Crippen molar-refractivity contribution in [2.75, 3.05) is 11.1 Å². The first-order chi connectivity index (χ1) is 19.0. The van der Waals surface area contributed by atoms with E-state index in [4.69, 9.17) is 14.6 Å². The number of aliphatic carboxylic acids is 1. The number of rotatable bonds is 13. The molecule has 3 unspecified atom stereocenters. The topological polar surface area (TPSA) is 131 Å². The van der Waals surface area contributed by atoms with Gasteiger partial charge in [-0.2, -0.15) is 0 Å². The second-order valence-corrected chi connectivity index (χ2v) is 10.3. The lowest BCUT2D eigenvalue weighted by molar-refractivity contribution is -0.245. The highest BCUT2D eigenvalue weighted by atomic mass is 32.2. The summed E-state index contributed by atoms with van der Waals surface area (Å²) in [5.74, 6) is -0.290. The molecule has 39 heavy (non-hydrogen) atoms. The summed E-state index contributed by atoms with van der Waals surface area (Å²) in [7, 11) is 0. The fraction of sp³-hybridized carbons (Fsp3) is 0.379. The van der Waals surface area contributed by atoms with Crippen molar-refractivity contribution in [2.24, 2.45) is 0 Å². The molecule has 0 radical (unpaired) electrons. The number of carbonyl (C=O) groups excluding carboxylic acids is 1. The van der Waals surface area contributed by atoms with Gasteiger partial charge in [0, 0.05) is 48.7 Å². The highest BCUT2D eigenvalue weighted by Crippen LogP contribution is 2.39. The van der Waals surface area contributed by atoms with Crippen LogP contribution in [-0.2, 0) is 25.7 Å². The van der Waals surface area contributed by atoms with E-state index in [-0.39, 0.29) is 31.1 Å². The molecule has 1 aliphatic heterocycles. The molecule has 3 aromatic rings. The number of amides is 1. The summed E-state index contributed by atoms with van der Waals surface area (Å²) < 4.78 is 12.8. The van der Waals surface area contributed by atoms with E-state index in [0.717, 1.165) is 16.7 Å². The standard InChI is InChI=1S/C29H33N3O6S/c33-18-20-10-12-21(13-11-20)25-17-24(19-39-29-30-14-5-15-31-29)37-28(38-25)22-6-4-7-23(16-22)32-26(34)8-2-1-3-9-27(35)36/h4-7,10-16,24-25,28,33H,1-3,8-9,17-19H2,(H,32,34)(H,35,36). The Balaban J connectivity index is 1.42. The van der Waals surface area contributed by atoms with Crippen molar-refractivity contribution in [1.29, 1.82) is 0 Å². The lowest BCUT2D eigenvalue weighted by Gasteiger charge is -2.36. The van der Waals surface area contributed by atoms with Crippen LogP contribution in [0.4, 0.5) is 5.69 Å². The van der Waals surface area contributed by atoms with Crippen LogP contribution in [0.15, 0.2) is 72.1 Å². The van der Waals surface area contributed by atoms with Gasteiger partial charge in [0.05, 0.1) is 18.8 Å². The van der Waals surface area contributed by atoms with Crippen molar-refractivity contribution in [3.05, 3.63) is 83.7 Å². The molecule has 0 saturated carbocycles. The van der Waals surface area contributed by atoms with Gasteiger partial charge in [-0.1, -0.05) is 54.6 Å². The number of benzene rings is 2. The van der Waals surface area contributed by atoms with Gasteiger partial charge in [0.25, 0.3) is 0 Å². The number of anilines is 1. The summed E-state index contributed by atoms with van der Waals surface area (Å²) in [5.41, 5.74) is 3.27. The minimum Gasteiger partial charge on any atom is -0.481 e. The van der Waals surface area contributed by atoms with Crippen molar-refractivity contribution in [1.82, 2.24) is 9.97 Å². The van der Waals surface area contributed by atoms with E-state index in [9.17, 15) is 14.7 Å². The molecule has 206 valence electrons. The molecule has 1 aliphatic rings. The van der Waals surface area contributed by atoms with E-state index in [1.807, 2.05) is 48.5 Å². The van der Waals surface area contributed by atoms with E-state index in [0.29, 0.717) is 48.7 Å². The molecule has 2 heterocycles. The Morgan fingerprint density at radius 1 is 0.949 bits per heavy atom. The normalized spacial score (nSPS) is 18.9. The maximum Gasteiger partial charge on any atom is 0.303 e. The summed E-state index contributed by atoms with van der Waals surface area (Å²) in [6.45, 7) is -0.0191. The predicted octanol–water partition coefficient (Wildman–Crippen LogP) is 5.28. The van der Waals surface area contributed by atoms with Gasteiger partial charge in [0.1, 0.15) is 0 Å². The van der Waals surface area contributed by atoms with E-state index in [1.165, 1.54) is 11.8 Å². The van der Waals surface area contributed by atoms with Gasteiger partial charge >= 0.3 is 5.97 Å². The highest BCUT2D eigenvalue weighted by Gasteiger charge is 2.32. The van der Waals surface area contributed by atoms with Crippen LogP contribution < -0.4 is 5.32 Å². The number of aromatic nitrogens is 2. The van der Waals surface area contributed by atoms with Gasteiger partial charge in [-0.15, -0.1) is 0 Å². The van der Waals surface area contributed by atoms with Crippen molar-refractivity contribution >= 4 is 29.3 Å². The Hall–Kier alpha value is -3.31. The molecular formula is C29H33N3O6S. The van der Waals surface area contributed by atoms with Gasteiger partial charge in [-0.25, -0.2) is 9.97 Å². The van der Waals surface area contributed by atoms with Crippen LogP contribution in [0.2, 0.25) is 0 Å². The molecule has 1 amide bonds. The number of carbonyl (C=O) groups is 2. The number of nitrogens with one attached hydrogen (secondary N) is 1. The molecule has 0 aliphatic carbocycles. The highest BCUT2D eigenvalue weighted by molar-refractivity contribution is 7.99. The SMILES string of the molecule is O=C(O)CCCCCC(=O)Nc1cccc(C2OC(CSc3ncccn3)CC(c3ccc(CO)cc3)O2)c1. The zero-order valence-electron chi connectivity index (χ0n) is 21.6. The number of thioether (sulfide) groups is 1. The average Bonchev–Trinajstić information content (AvgIpc) is 2.96. The maximum absolute atomic E-state index is 12.4. The number of unbranched alkanes of at least 4 members (excludes halogenated alkanes) is 2. The van der Waals surface area contributed by atoms with Gasteiger partial charge < -0.3 is 25.0 Å². The minimum atomic E-state index is -0.818. The molecule has 0 spiro atoms. The first kappa shape index (κ1) is 28.7. The number of aliphatic hydroxyl groups excluding tert-OH is 1. The fourth-order valence-electron chi connectivity index (χ4n) is 4.28. The molecule has 0 bridgehead atoms. The molecule has 10 heteroatoms. The molecular weight excluding hydrogens is 518 g/mol. The van der Waals surface area contributed by atoms with E-state index < -0.39 is 12.3 Å². The van der Waals surface area contributed by atoms with E-state index in [1.54, 1.807) is 18.5 Å². The fourth-order valence-corrected chi connectivity index (χ4v) is 5.10. The summed E-state index contributed by atoms with van der Waals surface area (Å²) >= 11 is 1.53. The molecule has 3 atom stereocenters. The summed E-state index contributed by atoms with van der Waals surface area (Å²) in [6, 6.07) is 16.9. The summed E-state index contributed by atoms with van der Waals surface area (Å²) in [4.78, 5) is 31.6. The van der Waals surface area contributed by atoms with Crippen LogP contribution in [0.25, 0.3) is 0 Å². The molecule has 4 rings (SSSR count). The monoisotopic (exact) mass is 551 g/mol. The third-order valence-corrected chi connectivity index (χ3v) is 7.30. The van der Waals surface area contributed by atoms with Gasteiger partial charge in [0.15, 0.2) is 11.4 Å². The number of carboxylic acids is 1. The predicted molar refractivity (Wildman–Crippen MR) is 147 cm³/mol. The number of hydrogen-bond donors (Lipinski definition) is 3. The first-order valence-corrected chi connectivity index (χ1v) is 14.0. The third-order valence-electron chi connectivity index (χ3n) is 6.29. The van der Waals surface area contributed by atoms with Crippen molar-refractivity contribution < 1.29 is 29.3 Å². The van der Waals surface area contributed by atoms with Crippen LogP contribution in [0.3, 0.4) is 0 Å². The molecule has 9 nitrogen and oxygen atoms in total. The molecule has 1 saturated heterocycles. The lowest BCUT2D eigenvalue weighted by Crippen LogP contribution is -2.31. The summed E-state index contributed by atoms with van der Waals surface area (Å²) in [5, 5.41) is 21.8. The number of hydrogen-bond acceptors (Lipinski definition) is 8. The third kappa shape index (κ3) is 9.14. The van der Waals surface area contributed by atoms with E-state index in [2.05, 4.69) is 15.3 Å². The van der Waals surface area contributed by atoms with Crippen LogP contribution in [-0.4, -0.2) is 43.9 Å². The molecule has 1 aromatic heterocycles. The van der Waals surface area contributed by atoms with Crippen molar-refractivity contribution in [2.45, 2.75) is 68.8 Å². The minimum absolute atomic E-state index is 0.0191. The average molecular weight is 552 g/mol. The van der Waals surface area contributed by atoms with E-state index >= 15 is 0 Å². The number of carboxylic acid groups (broad SMARTS) is 1. The Kier molecular flexibility index (Phi) is 10.8. The molecule has 2 aromatic carbocycles. The van der Waals surface area contributed by atoms with Crippen LogP contribution in [0.1, 0.15) is 67.6 Å². The number of aliphatic hydroxyl groups is 1. The quantitative estimate of drug-likeness (QED) is 0.147. The number of nitrogens with zero attached hydrogens (tertiary/aromatic N) is 2. The summed E-state index contributed by atoms with van der Waals surface area (Å²) in [6.07, 6.45) is 5.41. The second kappa shape index (κ2) is 14.7. The van der Waals surface area contributed by atoms with Crippen molar-refractivity contribution in [3.63, 3.8) is 0 Å². The maximum atomic E-state index is 12.4. The Morgan fingerprint density at radius 2 is 1.72 bits per heavy atom. The van der Waals surface area contributed by atoms with Gasteiger partial charge in [-0.3, -0.25) is 9.59 Å².